The fourth-order valence-corrected chi connectivity index (χ4v) is 3.65. The number of aromatic nitrogens is 1. The SMILES string of the molecule is CCOC(=O)Cc1csc(SCC(=O)NCCc2ccc(F)cc2)n1. The maximum atomic E-state index is 12.8. The van der Waals surface area contributed by atoms with Gasteiger partial charge in [-0.25, -0.2) is 9.37 Å². The number of hydrogen-bond acceptors (Lipinski definition) is 6. The smallest absolute Gasteiger partial charge is 0.311 e. The maximum Gasteiger partial charge on any atom is 0.311 e. The molecule has 2 aromatic rings. The van der Waals surface area contributed by atoms with Gasteiger partial charge in [-0.1, -0.05) is 23.9 Å². The topological polar surface area (TPSA) is 68.3 Å². The van der Waals surface area contributed by atoms with Crippen molar-refractivity contribution < 1.29 is 18.7 Å². The van der Waals surface area contributed by atoms with Crippen LogP contribution in [0.5, 0.6) is 0 Å². The number of hydrogen-bond donors (Lipinski definition) is 1. The summed E-state index contributed by atoms with van der Waals surface area (Å²) in [6.07, 6.45) is 0.798. The zero-order chi connectivity index (χ0) is 18.1. The van der Waals surface area contributed by atoms with Gasteiger partial charge in [0, 0.05) is 11.9 Å². The highest BCUT2D eigenvalue weighted by atomic mass is 32.2. The number of esters is 1. The zero-order valence-corrected chi connectivity index (χ0v) is 15.4. The van der Waals surface area contributed by atoms with Crippen LogP contribution in [-0.2, 0) is 27.2 Å². The summed E-state index contributed by atoms with van der Waals surface area (Å²) in [7, 11) is 0. The lowest BCUT2D eigenvalue weighted by Gasteiger charge is -2.04. The van der Waals surface area contributed by atoms with Crippen molar-refractivity contribution in [2.24, 2.45) is 0 Å². The number of thioether (sulfide) groups is 1. The van der Waals surface area contributed by atoms with Crippen molar-refractivity contribution in [3.8, 4) is 0 Å². The molecule has 2 rings (SSSR count). The van der Waals surface area contributed by atoms with Crippen LogP contribution >= 0.6 is 23.1 Å². The summed E-state index contributed by atoms with van der Waals surface area (Å²) in [5.74, 6) is -0.400. The van der Waals surface area contributed by atoms with Crippen LogP contribution < -0.4 is 5.32 Å². The normalized spacial score (nSPS) is 10.5. The van der Waals surface area contributed by atoms with Crippen LogP contribution in [0.4, 0.5) is 4.39 Å². The van der Waals surface area contributed by atoms with E-state index in [1.54, 1.807) is 24.4 Å². The van der Waals surface area contributed by atoms with Gasteiger partial charge in [0.1, 0.15) is 5.82 Å². The van der Waals surface area contributed by atoms with E-state index in [2.05, 4.69) is 10.3 Å². The molecule has 1 aromatic carbocycles. The Morgan fingerprint density at radius 1 is 1.32 bits per heavy atom. The predicted molar refractivity (Wildman–Crippen MR) is 96.3 cm³/mol. The molecule has 0 aliphatic heterocycles. The Morgan fingerprint density at radius 3 is 2.80 bits per heavy atom. The molecule has 0 fully saturated rings. The van der Waals surface area contributed by atoms with Gasteiger partial charge in [-0.2, -0.15) is 0 Å². The summed E-state index contributed by atoms with van der Waals surface area (Å²) >= 11 is 2.73. The molecule has 1 aromatic heterocycles. The molecular formula is C17H19FN2O3S2. The predicted octanol–water partition coefficient (Wildman–Crippen LogP) is 2.84. The Morgan fingerprint density at radius 2 is 2.08 bits per heavy atom. The van der Waals surface area contributed by atoms with Crippen LogP contribution in [0.2, 0.25) is 0 Å². The second kappa shape index (κ2) is 10.1. The maximum absolute atomic E-state index is 12.8. The Kier molecular flexibility index (Phi) is 7.87. The van der Waals surface area contributed by atoms with Crippen LogP contribution in [0.1, 0.15) is 18.2 Å². The molecule has 1 amide bonds. The van der Waals surface area contributed by atoms with Crippen LogP contribution in [0.25, 0.3) is 0 Å². The van der Waals surface area contributed by atoms with Crippen LogP contribution in [0.3, 0.4) is 0 Å². The van der Waals surface area contributed by atoms with Gasteiger partial charge in [0.15, 0.2) is 4.34 Å². The lowest BCUT2D eigenvalue weighted by Crippen LogP contribution is -2.27. The molecule has 0 atom stereocenters. The molecule has 0 bridgehead atoms. The highest BCUT2D eigenvalue weighted by Gasteiger charge is 2.10. The van der Waals surface area contributed by atoms with E-state index in [4.69, 9.17) is 4.74 Å². The number of halogens is 1. The molecule has 134 valence electrons. The van der Waals surface area contributed by atoms with E-state index in [1.807, 2.05) is 0 Å². The van der Waals surface area contributed by atoms with Crippen LogP contribution in [0, 0.1) is 5.82 Å². The van der Waals surface area contributed by atoms with E-state index >= 15 is 0 Å². The van der Waals surface area contributed by atoms with Crippen molar-refractivity contribution in [1.29, 1.82) is 0 Å². The van der Waals surface area contributed by atoms with Crippen molar-refractivity contribution in [2.45, 2.75) is 24.1 Å². The van der Waals surface area contributed by atoms with Gasteiger partial charge in [0.05, 0.1) is 24.5 Å². The molecular weight excluding hydrogens is 363 g/mol. The van der Waals surface area contributed by atoms with E-state index in [0.29, 0.717) is 25.3 Å². The fraction of sp³-hybridized carbons (Fsp3) is 0.353. The van der Waals surface area contributed by atoms with E-state index in [9.17, 15) is 14.0 Å². The molecule has 1 N–H and O–H groups in total. The number of thiazole rings is 1. The summed E-state index contributed by atoms with van der Waals surface area (Å²) in [6, 6.07) is 6.22. The second-order valence-electron chi connectivity index (χ2n) is 5.10. The summed E-state index contributed by atoms with van der Waals surface area (Å²) in [4.78, 5) is 27.5. The van der Waals surface area contributed by atoms with E-state index in [0.717, 1.165) is 9.90 Å². The second-order valence-corrected chi connectivity index (χ2v) is 7.18. The number of nitrogens with one attached hydrogen (secondary N) is 1. The lowest BCUT2D eigenvalue weighted by molar-refractivity contribution is -0.142. The van der Waals surface area contributed by atoms with Crippen molar-refractivity contribution in [3.63, 3.8) is 0 Å². The Hall–Kier alpha value is -1.93. The number of carbonyl (C=O) groups is 2. The van der Waals surface area contributed by atoms with Gasteiger partial charge in [-0.05, 0) is 31.0 Å². The van der Waals surface area contributed by atoms with Gasteiger partial charge in [-0.15, -0.1) is 11.3 Å². The first-order valence-corrected chi connectivity index (χ1v) is 9.67. The first-order valence-electron chi connectivity index (χ1n) is 7.80. The lowest BCUT2D eigenvalue weighted by atomic mass is 10.1. The van der Waals surface area contributed by atoms with Gasteiger partial charge in [-0.3, -0.25) is 9.59 Å². The minimum Gasteiger partial charge on any atom is -0.466 e. The number of nitrogens with zero attached hydrogens (tertiary/aromatic N) is 1. The molecule has 0 saturated heterocycles. The number of rotatable bonds is 9. The van der Waals surface area contributed by atoms with Crippen LogP contribution in [-0.4, -0.2) is 35.8 Å². The van der Waals surface area contributed by atoms with E-state index < -0.39 is 0 Å². The molecule has 0 spiro atoms. The number of ether oxygens (including phenoxy) is 1. The van der Waals surface area contributed by atoms with E-state index in [1.165, 1.54) is 35.2 Å². The minimum absolute atomic E-state index is 0.0887. The first kappa shape index (κ1) is 19.4. The van der Waals surface area contributed by atoms with Crippen molar-refractivity contribution in [2.75, 3.05) is 18.9 Å². The summed E-state index contributed by atoms with van der Waals surface area (Å²) in [6.45, 7) is 2.61. The highest BCUT2D eigenvalue weighted by Crippen LogP contribution is 2.22. The van der Waals surface area contributed by atoms with Gasteiger partial charge >= 0.3 is 5.97 Å². The molecule has 5 nitrogen and oxygen atoms in total. The monoisotopic (exact) mass is 382 g/mol. The van der Waals surface area contributed by atoms with Crippen molar-refractivity contribution in [1.82, 2.24) is 10.3 Å². The zero-order valence-electron chi connectivity index (χ0n) is 13.8. The average Bonchev–Trinajstić information content (AvgIpc) is 3.02. The molecule has 0 radical (unpaired) electrons. The molecule has 0 aliphatic carbocycles. The molecule has 0 saturated carbocycles. The Labute approximate surface area is 154 Å². The van der Waals surface area contributed by atoms with Gasteiger partial charge in [0.2, 0.25) is 5.91 Å². The third-order valence-corrected chi connectivity index (χ3v) is 5.21. The summed E-state index contributed by atoms with van der Waals surface area (Å²) in [5.41, 5.74) is 1.63. The van der Waals surface area contributed by atoms with E-state index in [-0.39, 0.29) is 29.9 Å². The van der Waals surface area contributed by atoms with Crippen molar-refractivity contribution >= 4 is 35.0 Å². The van der Waals surface area contributed by atoms with Gasteiger partial charge < -0.3 is 10.1 Å². The fourth-order valence-electron chi connectivity index (χ4n) is 1.97. The third-order valence-electron chi connectivity index (χ3n) is 3.14. The van der Waals surface area contributed by atoms with Crippen molar-refractivity contribution in [3.05, 3.63) is 46.7 Å². The molecule has 0 unspecified atom stereocenters. The quantitative estimate of drug-likeness (QED) is 0.534. The summed E-state index contributed by atoms with van der Waals surface area (Å²) in [5, 5.41) is 4.62. The highest BCUT2D eigenvalue weighted by molar-refractivity contribution is 8.01. The summed E-state index contributed by atoms with van der Waals surface area (Å²) < 4.78 is 18.4. The largest absolute Gasteiger partial charge is 0.466 e. The number of benzene rings is 1. The number of amides is 1. The Bertz CT molecular complexity index is 704. The first-order chi connectivity index (χ1) is 12.1. The molecule has 1 heterocycles. The molecule has 8 heteroatoms. The number of carbonyl (C=O) groups excluding carboxylic acids is 2. The van der Waals surface area contributed by atoms with Crippen LogP contribution in [0.15, 0.2) is 34.0 Å². The Balaban J connectivity index is 1.67. The molecule has 0 aliphatic rings. The van der Waals surface area contributed by atoms with Gasteiger partial charge in [0.25, 0.3) is 0 Å². The standard InChI is InChI=1S/C17H19FN2O3S2/c1-2-23-16(22)9-14-10-24-17(20-14)25-11-15(21)19-8-7-12-3-5-13(18)6-4-12/h3-6,10H,2,7-9,11H2,1H3,(H,19,21). The average molecular weight is 382 g/mol. The molecule has 25 heavy (non-hydrogen) atoms. The third kappa shape index (κ3) is 7.23. The minimum atomic E-state index is -0.303.